The maximum atomic E-state index is 12.1. The van der Waals surface area contributed by atoms with Gasteiger partial charge in [0.2, 0.25) is 17.7 Å². The number of carbonyl (C=O) groups is 3. The summed E-state index contributed by atoms with van der Waals surface area (Å²) in [7, 11) is 1.50. The van der Waals surface area contributed by atoms with Gasteiger partial charge in [-0.25, -0.2) is 0 Å². The Morgan fingerprint density at radius 3 is 2.56 bits per heavy atom. The molecule has 18 heavy (non-hydrogen) atoms. The van der Waals surface area contributed by atoms with Gasteiger partial charge in [0, 0.05) is 18.5 Å². The van der Waals surface area contributed by atoms with Crippen molar-refractivity contribution in [3.05, 3.63) is 10.1 Å². The maximum Gasteiger partial charge on any atom is 0.235 e. The number of imide groups is 1. The minimum Gasteiger partial charge on any atom is -0.348 e. The van der Waals surface area contributed by atoms with Crippen LogP contribution in [0.4, 0.5) is 0 Å². The van der Waals surface area contributed by atoms with Crippen LogP contribution in [0.15, 0.2) is 10.1 Å². The molecule has 0 aromatic rings. The number of allylic oxidation sites excluding steroid dienone is 1. The first-order chi connectivity index (χ1) is 8.34. The van der Waals surface area contributed by atoms with Crippen molar-refractivity contribution in [1.82, 2.24) is 10.2 Å². The number of fused-ring (bicyclic) bond motifs is 1. The highest BCUT2D eigenvalue weighted by Crippen LogP contribution is 2.42. The predicted octanol–water partition coefficient (Wildman–Crippen LogP) is 0.795. The Bertz CT molecular complexity index is 472. The molecule has 1 heterocycles. The summed E-state index contributed by atoms with van der Waals surface area (Å²) < 4.78 is 0.815. The summed E-state index contributed by atoms with van der Waals surface area (Å²) in [4.78, 5) is 36.5. The number of nitrogens with zero attached hydrogens (tertiary/aromatic N) is 1. The lowest BCUT2D eigenvalue weighted by atomic mass is 9.78. The Morgan fingerprint density at radius 1 is 1.39 bits per heavy atom. The molecule has 1 aliphatic heterocycles. The Balaban J connectivity index is 2.42. The third-order valence-electron chi connectivity index (χ3n) is 3.62. The maximum absolute atomic E-state index is 12.1. The van der Waals surface area contributed by atoms with Crippen molar-refractivity contribution in [3.63, 3.8) is 0 Å². The van der Waals surface area contributed by atoms with E-state index in [0.29, 0.717) is 6.42 Å². The van der Waals surface area contributed by atoms with Crippen LogP contribution in [0.1, 0.15) is 20.3 Å². The molecule has 0 bridgehead atoms. The van der Waals surface area contributed by atoms with E-state index in [2.05, 4.69) is 21.2 Å². The molecule has 1 fully saturated rings. The molecule has 3 atom stereocenters. The summed E-state index contributed by atoms with van der Waals surface area (Å²) in [6.45, 7) is 3.31. The van der Waals surface area contributed by atoms with Gasteiger partial charge in [-0.05, 0) is 13.3 Å². The van der Waals surface area contributed by atoms with Crippen molar-refractivity contribution in [2.24, 2.45) is 11.8 Å². The number of hydrogen-bond acceptors (Lipinski definition) is 3. The molecule has 98 valence electrons. The number of rotatable bonds is 1. The van der Waals surface area contributed by atoms with E-state index >= 15 is 0 Å². The largest absolute Gasteiger partial charge is 0.348 e. The topological polar surface area (TPSA) is 66.5 Å². The van der Waals surface area contributed by atoms with Crippen LogP contribution in [-0.2, 0) is 14.4 Å². The van der Waals surface area contributed by atoms with Crippen LogP contribution >= 0.6 is 15.9 Å². The Hall–Kier alpha value is -1.17. The second-order valence-electron chi connectivity index (χ2n) is 4.88. The fraction of sp³-hybridized carbons (Fsp3) is 0.583. The molecular formula is C12H15BrN2O3. The van der Waals surface area contributed by atoms with Gasteiger partial charge >= 0.3 is 0 Å². The zero-order valence-electron chi connectivity index (χ0n) is 10.5. The molecule has 1 saturated heterocycles. The first kappa shape index (κ1) is 13.3. The third-order valence-corrected chi connectivity index (χ3v) is 4.79. The van der Waals surface area contributed by atoms with Gasteiger partial charge in [-0.2, -0.15) is 0 Å². The first-order valence-electron chi connectivity index (χ1n) is 5.78. The molecule has 0 aromatic carbocycles. The van der Waals surface area contributed by atoms with Crippen LogP contribution in [0.25, 0.3) is 0 Å². The summed E-state index contributed by atoms with van der Waals surface area (Å²) >= 11 is 3.44. The minimum atomic E-state index is -0.482. The van der Waals surface area contributed by atoms with Gasteiger partial charge in [0.1, 0.15) is 0 Å². The second kappa shape index (κ2) is 4.50. The average Bonchev–Trinajstić information content (AvgIpc) is 2.50. The van der Waals surface area contributed by atoms with Crippen molar-refractivity contribution in [2.45, 2.75) is 26.3 Å². The Labute approximate surface area is 114 Å². The number of nitrogens with one attached hydrogen (secondary N) is 1. The highest BCUT2D eigenvalue weighted by atomic mass is 79.9. The van der Waals surface area contributed by atoms with E-state index in [1.54, 1.807) is 0 Å². The lowest BCUT2D eigenvalue weighted by Crippen LogP contribution is -2.46. The van der Waals surface area contributed by atoms with E-state index in [1.807, 2.05) is 6.92 Å². The molecule has 0 radical (unpaired) electrons. The van der Waals surface area contributed by atoms with Gasteiger partial charge in [-0.3, -0.25) is 19.3 Å². The molecule has 0 aromatic heterocycles. The van der Waals surface area contributed by atoms with Crippen LogP contribution in [0.3, 0.4) is 0 Å². The molecule has 2 aliphatic rings. The van der Waals surface area contributed by atoms with Crippen LogP contribution in [0.2, 0.25) is 0 Å². The van der Waals surface area contributed by atoms with Crippen molar-refractivity contribution < 1.29 is 14.4 Å². The molecule has 1 aliphatic carbocycles. The summed E-state index contributed by atoms with van der Waals surface area (Å²) in [6.07, 6.45) is 0.566. The zero-order valence-corrected chi connectivity index (χ0v) is 12.1. The van der Waals surface area contributed by atoms with E-state index in [1.165, 1.54) is 18.9 Å². The van der Waals surface area contributed by atoms with Gasteiger partial charge in [-0.1, -0.05) is 21.5 Å². The molecule has 0 spiro atoms. The standard InChI is InChI=1S/C12H15BrN2O3/c1-5-4-7-8(12(18)15(3)11(7)17)10(9(5)13)14-6(2)16/h7-8,10H,4H2,1-3H3,(H,14,16)/t7-,8-,10-/m0/s1. The van der Waals surface area contributed by atoms with Crippen LogP contribution < -0.4 is 5.32 Å². The fourth-order valence-corrected chi connectivity index (χ4v) is 3.28. The van der Waals surface area contributed by atoms with E-state index in [0.717, 1.165) is 10.1 Å². The average molecular weight is 315 g/mol. The summed E-state index contributed by atoms with van der Waals surface area (Å²) in [5.41, 5.74) is 1.01. The van der Waals surface area contributed by atoms with Gasteiger partial charge < -0.3 is 5.32 Å². The van der Waals surface area contributed by atoms with Crippen LogP contribution in [0.5, 0.6) is 0 Å². The number of halogens is 1. The molecule has 2 rings (SSSR count). The second-order valence-corrected chi connectivity index (χ2v) is 5.73. The molecule has 1 N–H and O–H groups in total. The highest BCUT2D eigenvalue weighted by molar-refractivity contribution is 9.11. The van der Waals surface area contributed by atoms with Crippen molar-refractivity contribution >= 4 is 33.7 Å². The monoisotopic (exact) mass is 314 g/mol. The van der Waals surface area contributed by atoms with Gasteiger partial charge in [0.15, 0.2) is 0 Å². The lowest BCUT2D eigenvalue weighted by Gasteiger charge is -2.32. The van der Waals surface area contributed by atoms with Gasteiger partial charge in [0.05, 0.1) is 17.9 Å². The number of carbonyl (C=O) groups excluding carboxylic acids is 3. The van der Waals surface area contributed by atoms with Crippen LogP contribution in [0, 0.1) is 11.8 Å². The molecule has 3 amide bonds. The quantitative estimate of drug-likeness (QED) is 0.728. The molecule has 6 heteroatoms. The molecule has 5 nitrogen and oxygen atoms in total. The summed E-state index contributed by atoms with van der Waals surface area (Å²) in [5, 5.41) is 2.76. The normalized spacial score (nSPS) is 31.8. The first-order valence-corrected chi connectivity index (χ1v) is 6.57. The molecule has 0 saturated carbocycles. The smallest absolute Gasteiger partial charge is 0.235 e. The van der Waals surface area contributed by atoms with Crippen molar-refractivity contribution in [2.75, 3.05) is 7.05 Å². The van der Waals surface area contributed by atoms with E-state index < -0.39 is 12.0 Å². The van der Waals surface area contributed by atoms with Gasteiger partial charge in [-0.15, -0.1) is 0 Å². The zero-order chi connectivity index (χ0) is 13.6. The van der Waals surface area contributed by atoms with E-state index in [-0.39, 0.29) is 23.6 Å². The van der Waals surface area contributed by atoms with Crippen LogP contribution in [-0.4, -0.2) is 35.7 Å². The highest BCUT2D eigenvalue weighted by Gasteiger charge is 2.52. The van der Waals surface area contributed by atoms with Crippen molar-refractivity contribution in [1.29, 1.82) is 0 Å². The number of hydrogen-bond donors (Lipinski definition) is 1. The summed E-state index contributed by atoms with van der Waals surface area (Å²) in [6, 6.07) is -0.428. The molecule has 0 unspecified atom stereocenters. The predicted molar refractivity (Wildman–Crippen MR) is 68.6 cm³/mol. The van der Waals surface area contributed by atoms with E-state index in [4.69, 9.17) is 0 Å². The fourth-order valence-electron chi connectivity index (χ4n) is 2.72. The lowest BCUT2D eigenvalue weighted by molar-refractivity contribution is -0.138. The summed E-state index contributed by atoms with van der Waals surface area (Å²) in [5.74, 6) is -1.40. The van der Waals surface area contributed by atoms with Crippen molar-refractivity contribution in [3.8, 4) is 0 Å². The third kappa shape index (κ3) is 1.88. The number of likely N-dealkylation sites (tertiary alicyclic amines) is 1. The van der Waals surface area contributed by atoms with Gasteiger partial charge in [0.25, 0.3) is 0 Å². The van der Waals surface area contributed by atoms with E-state index in [9.17, 15) is 14.4 Å². The molecular weight excluding hydrogens is 300 g/mol. The number of amides is 3. The Kier molecular flexibility index (Phi) is 3.31. The SMILES string of the molecule is CC(=O)N[C@@H]1C(Br)=C(C)C[C@@H]2C(=O)N(C)C(=O)[C@@H]21. The Morgan fingerprint density at radius 2 is 2.00 bits per heavy atom. The minimum absolute atomic E-state index is 0.153.